The zero-order valence-electron chi connectivity index (χ0n) is 15.5. The van der Waals surface area contributed by atoms with Gasteiger partial charge in [0.1, 0.15) is 4.32 Å². The van der Waals surface area contributed by atoms with Gasteiger partial charge in [0.15, 0.2) is 0 Å². The van der Waals surface area contributed by atoms with Gasteiger partial charge in [-0.2, -0.15) is 0 Å². The van der Waals surface area contributed by atoms with E-state index in [2.05, 4.69) is 5.32 Å². The molecule has 0 bridgehead atoms. The molecule has 1 aliphatic rings. The van der Waals surface area contributed by atoms with Crippen LogP contribution in [-0.4, -0.2) is 38.7 Å². The molecule has 1 fully saturated rings. The molecule has 6 nitrogen and oxygen atoms in total. The number of hydrogen-bond donors (Lipinski definition) is 2. The summed E-state index contributed by atoms with van der Waals surface area (Å²) in [4.78, 5) is 37.3. The molecular formula is C21H18N2O4S2. The zero-order valence-corrected chi connectivity index (χ0v) is 17.2. The van der Waals surface area contributed by atoms with Crippen molar-refractivity contribution < 1.29 is 19.5 Å². The molecule has 8 heteroatoms. The summed E-state index contributed by atoms with van der Waals surface area (Å²) in [6.45, 7) is 2.00. The number of nitrogens with one attached hydrogen (secondary N) is 1. The first-order valence-corrected chi connectivity index (χ1v) is 10.0. The fourth-order valence-electron chi connectivity index (χ4n) is 2.67. The first kappa shape index (κ1) is 20.8. The average molecular weight is 427 g/mol. The molecule has 1 aliphatic heterocycles. The van der Waals surface area contributed by atoms with Crippen molar-refractivity contribution >= 4 is 57.8 Å². The Morgan fingerprint density at radius 1 is 1.21 bits per heavy atom. The molecule has 0 saturated carbocycles. The summed E-state index contributed by atoms with van der Waals surface area (Å²) in [6.07, 6.45) is 1.52. The van der Waals surface area contributed by atoms with Crippen LogP contribution in [0.4, 0.5) is 5.69 Å². The maximum absolute atomic E-state index is 12.5. The van der Waals surface area contributed by atoms with Crippen LogP contribution in [0.1, 0.15) is 27.9 Å². The Hall–Kier alpha value is -2.97. The maximum Gasteiger partial charge on any atom is 0.305 e. The Bertz CT molecular complexity index is 1020. The zero-order chi connectivity index (χ0) is 21.0. The first-order chi connectivity index (χ1) is 13.8. The van der Waals surface area contributed by atoms with Crippen LogP contribution < -0.4 is 5.32 Å². The average Bonchev–Trinajstić information content (AvgIpc) is 2.93. The molecule has 148 valence electrons. The van der Waals surface area contributed by atoms with E-state index in [1.54, 1.807) is 36.4 Å². The van der Waals surface area contributed by atoms with Gasteiger partial charge in [0.05, 0.1) is 11.3 Å². The van der Waals surface area contributed by atoms with E-state index in [0.717, 1.165) is 22.9 Å². The van der Waals surface area contributed by atoms with Gasteiger partial charge < -0.3 is 10.4 Å². The SMILES string of the molecule is Cc1ccc(C(=O)Nc2cccc(/C=C3\SC(=S)N(CCC(=O)O)C3=O)c2)cc1. The van der Waals surface area contributed by atoms with Gasteiger partial charge >= 0.3 is 5.97 Å². The van der Waals surface area contributed by atoms with Crippen LogP contribution in [0, 0.1) is 6.92 Å². The van der Waals surface area contributed by atoms with E-state index in [4.69, 9.17) is 17.3 Å². The minimum absolute atomic E-state index is 0.0456. The largest absolute Gasteiger partial charge is 0.481 e. The molecule has 2 aromatic carbocycles. The monoisotopic (exact) mass is 426 g/mol. The predicted molar refractivity (Wildman–Crippen MR) is 118 cm³/mol. The van der Waals surface area contributed by atoms with Gasteiger partial charge in [0, 0.05) is 17.8 Å². The third-order valence-electron chi connectivity index (χ3n) is 4.18. The molecular weight excluding hydrogens is 408 g/mol. The van der Waals surface area contributed by atoms with E-state index in [9.17, 15) is 14.4 Å². The molecule has 2 N–H and O–H groups in total. The number of amides is 2. The second-order valence-electron chi connectivity index (χ2n) is 6.42. The minimum atomic E-state index is -0.986. The molecule has 0 spiro atoms. The summed E-state index contributed by atoms with van der Waals surface area (Å²) < 4.78 is 0.339. The topological polar surface area (TPSA) is 86.7 Å². The van der Waals surface area contributed by atoms with E-state index in [1.807, 2.05) is 25.1 Å². The Balaban J connectivity index is 1.73. The van der Waals surface area contributed by atoms with Gasteiger partial charge in [-0.3, -0.25) is 19.3 Å². The summed E-state index contributed by atoms with van der Waals surface area (Å²) >= 11 is 6.32. The van der Waals surface area contributed by atoms with E-state index >= 15 is 0 Å². The lowest BCUT2D eigenvalue weighted by Crippen LogP contribution is -2.30. The van der Waals surface area contributed by atoms with E-state index in [1.165, 1.54) is 4.90 Å². The van der Waals surface area contributed by atoms with Gasteiger partial charge in [-0.05, 0) is 42.8 Å². The van der Waals surface area contributed by atoms with Crippen molar-refractivity contribution in [3.63, 3.8) is 0 Å². The lowest BCUT2D eigenvalue weighted by Gasteiger charge is -2.12. The molecule has 0 aliphatic carbocycles. The fraction of sp³-hybridized carbons (Fsp3) is 0.143. The third kappa shape index (κ3) is 5.30. The van der Waals surface area contributed by atoms with Crippen LogP contribution in [0.3, 0.4) is 0 Å². The van der Waals surface area contributed by atoms with Gasteiger partial charge in [-0.25, -0.2) is 0 Å². The van der Waals surface area contributed by atoms with Crippen LogP contribution in [0.25, 0.3) is 6.08 Å². The van der Waals surface area contributed by atoms with Crippen LogP contribution in [-0.2, 0) is 9.59 Å². The molecule has 2 aromatic rings. The highest BCUT2D eigenvalue weighted by molar-refractivity contribution is 8.26. The number of nitrogens with zero attached hydrogens (tertiary/aromatic N) is 1. The predicted octanol–water partition coefficient (Wildman–Crippen LogP) is 3.92. The molecule has 3 rings (SSSR count). The number of hydrogen-bond acceptors (Lipinski definition) is 5. The Morgan fingerprint density at radius 3 is 2.62 bits per heavy atom. The summed E-state index contributed by atoms with van der Waals surface area (Å²) in [7, 11) is 0. The number of benzene rings is 2. The summed E-state index contributed by atoms with van der Waals surface area (Å²) in [6, 6.07) is 14.4. The fourth-order valence-corrected chi connectivity index (χ4v) is 3.97. The van der Waals surface area contributed by atoms with E-state index < -0.39 is 5.97 Å². The molecule has 1 heterocycles. The lowest BCUT2D eigenvalue weighted by molar-refractivity contribution is -0.137. The second-order valence-corrected chi connectivity index (χ2v) is 8.10. The number of carbonyl (C=O) groups is 3. The number of rotatable bonds is 6. The number of aliphatic carboxylic acids is 1. The van der Waals surface area contributed by atoms with Gasteiger partial charge in [0.25, 0.3) is 11.8 Å². The van der Waals surface area contributed by atoms with Crippen LogP contribution in [0.2, 0.25) is 0 Å². The summed E-state index contributed by atoms with van der Waals surface area (Å²) in [5.74, 6) is -1.52. The van der Waals surface area contributed by atoms with Gasteiger partial charge in [0.2, 0.25) is 0 Å². The molecule has 0 aromatic heterocycles. The summed E-state index contributed by atoms with van der Waals surface area (Å²) in [5.41, 5.74) is 2.96. The first-order valence-electron chi connectivity index (χ1n) is 8.79. The Kier molecular flexibility index (Phi) is 6.46. The van der Waals surface area contributed by atoms with Crippen molar-refractivity contribution in [3.05, 3.63) is 70.1 Å². The third-order valence-corrected chi connectivity index (χ3v) is 5.56. The van der Waals surface area contributed by atoms with Gasteiger partial charge in [-0.15, -0.1) is 0 Å². The molecule has 1 saturated heterocycles. The molecule has 2 amide bonds. The Morgan fingerprint density at radius 2 is 1.93 bits per heavy atom. The highest BCUT2D eigenvalue weighted by atomic mass is 32.2. The normalized spacial score (nSPS) is 15.1. The van der Waals surface area contributed by atoms with Crippen molar-refractivity contribution in [2.24, 2.45) is 0 Å². The highest BCUT2D eigenvalue weighted by Crippen LogP contribution is 2.32. The minimum Gasteiger partial charge on any atom is -0.481 e. The van der Waals surface area contributed by atoms with Gasteiger partial charge in [-0.1, -0.05) is 53.8 Å². The number of carboxylic acids is 1. The quantitative estimate of drug-likeness (QED) is 0.538. The van der Waals surface area contributed by atoms with E-state index in [0.29, 0.717) is 20.5 Å². The molecule has 0 atom stereocenters. The smallest absolute Gasteiger partial charge is 0.305 e. The van der Waals surface area contributed by atoms with E-state index in [-0.39, 0.29) is 24.8 Å². The molecule has 0 unspecified atom stereocenters. The number of aryl methyl sites for hydroxylation is 1. The van der Waals surface area contributed by atoms with Crippen molar-refractivity contribution in [2.75, 3.05) is 11.9 Å². The van der Waals surface area contributed by atoms with Crippen LogP contribution >= 0.6 is 24.0 Å². The maximum atomic E-state index is 12.5. The number of thiocarbonyl (C=S) groups is 1. The van der Waals surface area contributed by atoms with Crippen LogP contribution in [0.5, 0.6) is 0 Å². The summed E-state index contributed by atoms with van der Waals surface area (Å²) in [5, 5.41) is 11.7. The standard InChI is InChI=1S/C21H18N2O4S2/c1-13-5-7-15(8-6-13)19(26)22-16-4-2-3-14(11-16)12-17-20(27)23(21(28)29-17)10-9-18(24)25/h2-8,11-12H,9-10H2,1H3,(H,22,26)(H,24,25)/b17-12-. The highest BCUT2D eigenvalue weighted by Gasteiger charge is 2.32. The number of carboxylic acid groups (broad SMARTS) is 1. The lowest BCUT2D eigenvalue weighted by atomic mass is 10.1. The molecule has 0 radical (unpaired) electrons. The molecule has 29 heavy (non-hydrogen) atoms. The number of carbonyl (C=O) groups excluding carboxylic acids is 2. The van der Waals surface area contributed by atoms with Crippen molar-refractivity contribution in [2.45, 2.75) is 13.3 Å². The van der Waals surface area contributed by atoms with Crippen molar-refractivity contribution in [1.82, 2.24) is 4.90 Å². The second kappa shape index (κ2) is 9.02. The Labute approximate surface area is 177 Å². The van der Waals surface area contributed by atoms with Crippen molar-refractivity contribution in [1.29, 1.82) is 0 Å². The van der Waals surface area contributed by atoms with Crippen LogP contribution in [0.15, 0.2) is 53.4 Å². The number of anilines is 1. The number of thioether (sulfide) groups is 1. The van der Waals surface area contributed by atoms with Crippen molar-refractivity contribution in [3.8, 4) is 0 Å².